The number of rotatable bonds is 5. The standard InChI is InChI=1S/C21H23NO3/c23-20(17-6-2-1-3-7-17)22-14-15-10-12-16(13-11-15)18-8-4-5-9-19(18)21(24)25/h4-5,8-13,17H,1-3,6-7,14H2,(H,22,23)(H,24,25). The fourth-order valence-corrected chi connectivity index (χ4v) is 3.42. The zero-order valence-corrected chi connectivity index (χ0v) is 14.2. The van der Waals surface area contributed by atoms with Crippen molar-refractivity contribution in [3.05, 3.63) is 59.7 Å². The van der Waals surface area contributed by atoms with E-state index in [-0.39, 0.29) is 11.8 Å². The normalized spacial score (nSPS) is 14.9. The summed E-state index contributed by atoms with van der Waals surface area (Å²) in [6.45, 7) is 0.510. The number of carbonyl (C=O) groups is 2. The Labute approximate surface area is 147 Å². The van der Waals surface area contributed by atoms with Gasteiger partial charge in [-0.2, -0.15) is 0 Å². The molecule has 3 rings (SSSR count). The van der Waals surface area contributed by atoms with Gasteiger partial charge in [0, 0.05) is 12.5 Å². The van der Waals surface area contributed by atoms with Gasteiger partial charge in [-0.1, -0.05) is 61.7 Å². The van der Waals surface area contributed by atoms with Gasteiger partial charge in [0.05, 0.1) is 5.56 Å². The summed E-state index contributed by atoms with van der Waals surface area (Å²) in [6.07, 6.45) is 5.53. The van der Waals surface area contributed by atoms with Crippen LogP contribution in [0.1, 0.15) is 48.0 Å². The summed E-state index contributed by atoms with van der Waals surface area (Å²) < 4.78 is 0. The molecule has 0 bridgehead atoms. The van der Waals surface area contributed by atoms with Crippen LogP contribution >= 0.6 is 0 Å². The number of carboxylic acid groups (broad SMARTS) is 1. The van der Waals surface area contributed by atoms with Crippen LogP contribution in [0.2, 0.25) is 0 Å². The van der Waals surface area contributed by atoms with Gasteiger partial charge in [-0.15, -0.1) is 0 Å². The van der Waals surface area contributed by atoms with Crippen LogP contribution in [-0.4, -0.2) is 17.0 Å². The van der Waals surface area contributed by atoms with Crippen molar-refractivity contribution >= 4 is 11.9 Å². The second-order valence-corrected chi connectivity index (χ2v) is 6.60. The van der Waals surface area contributed by atoms with Crippen molar-refractivity contribution in [2.45, 2.75) is 38.6 Å². The molecular weight excluding hydrogens is 314 g/mol. The van der Waals surface area contributed by atoms with E-state index in [0.717, 1.165) is 36.8 Å². The molecule has 0 radical (unpaired) electrons. The van der Waals surface area contributed by atoms with E-state index in [4.69, 9.17) is 0 Å². The first-order chi connectivity index (χ1) is 12.1. The smallest absolute Gasteiger partial charge is 0.336 e. The van der Waals surface area contributed by atoms with Crippen LogP contribution in [0.25, 0.3) is 11.1 Å². The van der Waals surface area contributed by atoms with Gasteiger partial charge in [0.1, 0.15) is 0 Å². The van der Waals surface area contributed by atoms with E-state index in [9.17, 15) is 14.7 Å². The third kappa shape index (κ3) is 4.27. The number of hydrogen-bond donors (Lipinski definition) is 2. The number of benzene rings is 2. The molecule has 4 heteroatoms. The molecule has 2 N–H and O–H groups in total. The van der Waals surface area contributed by atoms with Crippen LogP contribution < -0.4 is 5.32 Å². The van der Waals surface area contributed by atoms with Crippen LogP contribution in [0, 0.1) is 5.92 Å². The predicted molar refractivity (Wildman–Crippen MR) is 97.3 cm³/mol. The Morgan fingerprint density at radius 2 is 1.64 bits per heavy atom. The lowest BCUT2D eigenvalue weighted by atomic mass is 9.88. The van der Waals surface area contributed by atoms with Gasteiger partial charge in [0.15, 0.2) is 0 Å². The van der Waals surface area contributed by atoms with Gasteiger partial charge in [-0.05, 0) is 35.6 Å². The Morgan fingerprint density at radius 1 is 0.960 bits per heavy atom. The first-order valence-corrected chi connectivity index (χ1v) is 8.84. The van der Waals surface area contributed by atoms with Crippen LogP contribution in [0.3, 0.4) is 0 Å². The van der Waals surface area contributed by atoms with Gasteiger partial charge in [-0.3, -0.25) is 4.79 Å². The molecule has 130 valence electrons. The van der Waals surface area contributed by atoms with Crippen molar-refractivity contribution in [2.75, 3.05) is 0 Å². The maximum atomic E-state index is 12.2. The second kappa shape index (κ2) is 7.97. The summed E-state index contributed by atoms with van der Waals surface area (Å²) in [4.78, 5) is 23.5. The van der Waals surface area contributed by atoms with Crippen LogP contribution in [0.5, 0.6) is 0 Å². The predicted octanol–water partition coefficient (Wildman–Crippen LogP) is 4.25. The molecule has 0 spiro atoms. The molecule has 25 heavy (non-hydrogen) atoms. The quantitative estimate of drug-likeness (QED) is 0.857. The number of hydrogen-bond acceptors (Lipinski definition) is 2. The van der Waals surface area contributed by atoms with Crippen LogP contribution in [0.4, 0.5) is 0 Å². The molecule has 0 aliphatic heterocycles. The largest absolute Gasteiger partial charge is 0.478 e. The highest BCUT2D eigenvalue weighted by atomic mass is 16.4. The van der Waals surface area contributed by atoms with E-state index in [2.05, 4.69) is 5.32 Å². The fraction of sp³-hybridized carbons (Fsp3) is 0.333. The molecule has 0 atom stereocenters. The Hall–Kier alpha value is -2.62. The SMILES string of the molecule is O=C(O)c1ccccc1-c1ccc(CNC(=O)C2CCCCC2)cc1. The van der Waals surface area contributed by atoms with Gasteiger partial charge in [-0.25, -0.2) is 4.79 Å². The highest BCUT2D eigenvalue weighted by Gasteiger charge is 2.20. The summed E-state index contributed by atoms with van der Waals surface area (Å²) in [5.74, 6) is -0.616. The van der Waals surface area contributed by atoms with Crippen molar-refractivity contribution < 1.29 is 14.7 Å². The van der Waals surface area contributed by atoms with E-state index < -0.39 is 5.97 Å². The molecular formula is C21H23NO3. The van der Waals surface area contributed by atoms with Gasteiger partial charge < -0.3 is 10.4 Å². The molecule has 2 aromatic rings. The first-order valence-electron chi connectivity index (χ1n) is 8.84. The van der Waals surface area contributed by atoms with Gasteiger partial charge in [0.25, 0.3) is 0 Å². The molecule has 0 unspecified atom stereocenters. The van der Waals surface area contributed by atoms with Crippen molar-refractivity contribution in [3.8, 4) is 11.1 Å². The zero-order chi connectivity index (χ0) is 17.6. The highest BCUT2D eigenvalue weighted by Crippen LogP contribution is 2.25. The summed E-state index contributed by atoms with van der Waals surface area (Å²) in [5, 5.41) is 12.3. The summed E-state index contributed by atoms with van der Waals surface area (Å²) in [6, 6.07) is 14.7. The Kier molecular flexibility index (Phi) is 5.49. The second-order valence-electron chi connectivity index (χ2n) is 6.60. The summed E-state index contributed by atoms with van der Waals surface area (Å²) in [5.41, 5.74) is 2.87. The third-order valence-electron chi connectivity index (χ3n) is 4.87. The van der Waals surface area contributed by atoms with E-state index in [1.165, 1.54) is 6.42 Å². The van der Waals surface area contributed by atoms with Crippen LogP contribution in [0.15, 0.2) is 48.5 Å². The third-order valence-corrected chi connectivity index (χ3v) is 4.87. The lowest BCUT2D eigenvalue weighted by Crippen LogP contribution is -2.31. The molecule has 4 nitrogen and oxygen atoms in total. The lowest BCUT2D eigenvalue weighted by Gasteiger charge is -2.20. The molecule has 1 fully saturated rings. The molecule has 1 aliphatic carbocycles. The average Bonchev–Trinajstić information content (AvgIpc) is 2.67. The fourth-order valence-electron chi connectivity index (χ4n) is 3.42. The monoisotopic (exact) mass is 337 g/mol. The van der Waals surface area contributed by atoms with Crippen molar-refractivity contribution in [2.24, 2.45) is 5.92 Å². The number of amides is 1. The van der Waals surface area contributed by atoms with Crippen molar-refractivity contribution in [1.29, 1.82) is 0 Å². The molecule has 1 amide bonds. The molecule has 0 heterocycles. The maximum absolute atomic E-state index is 12.2. The van der Waals surface area contributed by atoms with Gasteiger partial charge >= 0.3 is 5.97 Å². The van der Waals surface area contributed by atoms with E-state index in [1.807, 2.05) is 36.4 Å². The minimum atomic E-state index is -0.931. The maximum Gasteiger partial charge on any atom is 0.336 e. The minimum absolute atomic E-state index is 0.153. The topological polar surface area (TPSA) is 66.4 Å². The Balaban J connectivity index is 1.65. The zero-order valence-electron chi connectivity index (χ0n) is 14.2. The number of nitrogens with one attached hydrogen (secondary N) is 1. The van der Waals surface area contributed by atoms with E-state index in [0.29, 0.717) is 17.7 Å². The lowest BCUT2D eigenvalue weighted by molar-refractivity contribution is -0.126. The molecule has 1 aliphatic rings. The minimum Gasteiger partial charge on any atom is -0.478 e. The molecule has 0 aromatic heterocycles. The average molecular weight is 337 g/mol. The van der Waals surface area contributed by atoms with E-state index >= 15 is 0 Å². The van der Waals surface area contributed by atoms with E-state index in [1.54, 1.807) is 12.1 Å². The van der Waals surface area contributed by atoms with Crippen molar-refractivity contribution in [1.82, 2.24) is 5.32 Å². The first kappa shape index (κ1) is 17.2. The number of carboxylic acids is 1. The molecule has 2 aromatic carbocycles. The Morgan fingerprint density at radius 3 is 2.32 bits per heavy atom. The molecule has 1 saturated carbocycles. The van der Waals surface area contributed by atoms with Crippen LogP contribution in [-0.2, 0) is 11.3 Å². The molecule has 0 saturated heterocycles. The summed E-state index contributed by atoms with van der Waals surface area (Å²) in [7, 11) is 0. The highest BCUT2D eigenvalue weighted by molar-refractivity contribution is 5.96. The number of carbonyl (C=O) groups excluding carboxylic acids is 1. The summed E-state index contributed by atoms with van der Waals surface area (Å²) >= 11 is 0. The number of aromatic carboxylic acids is 1. The van der Waals surface area contributed by atoms with Gasteiger partial charge in [0.2, 0.25) is 5.91 Å². The Bertz CT molecular complexity index is 746. The van der Waals surface area contributed by atoms with Crippen molar-refractivity contribution in [3.63, 3.8) is 0 Å².